The van der Waals surface area contributed by atoms with Gasteiger partial charge in [0.1, 0.15) is 5.76 Å². The number of carbonyl (C=O) groups is 2. The summed E-state index contributed by atoms with van der Waals surface area (Å²) in [6, 6.07) is 11.8. The average Bonchev–Trinajstić information content (AvgIpc) is 3.22. The van der Waals surface area contributed by atoms with E-state index in [0.717, 1.165) is 31.0 Å². The first-order valence-electron chi connectivity index (χ1n) is 10.7. The van der Waals surface area contributed by atoms with Gasteiger partial charge in [-0.05, 0) is 43.3 Å². The molecular weight excluding hydrogens is 380 g/mol. The molecule has 7 nitrogen and oxygen atoms in total. The zero-order valence-corrected chi connectivity index (χ0v) is 18.2. The van der Waals surface area contributed by atoms with Gasteiger partial charge in [-0.3, -0.25) is 9.69 Å². The van der Waals surface area contributed by atoms with Crippen molar-refractivity contribution in [3.63, 3.8) is 0 Å². The summed E-state index contributed by atoms with van der Waals surface area (Å²) in [6.45, 7) is 11.7. The minimum absolute atomic E-state index is 0.0943. The van der Waals surface area contributed by atoms with Crippen molar-refractivity contribution in [2.45, 2.75) is 33.9 Å². The van der Waals surface area contributed by atoms with Gasteiger partial charge >= 0.3 is 6.03 Å². The normalized spacial score (nSPS) is 14.3. The number of amides is 3. The van der Waals surface area contributed by atoms with Crippen LogP contribution in [0.1, 0.15) is 41.3 Å². The highest BCUT2D eigenvalue weighted by molar-refractivity contribution is 5.91. The third kappa shape index (κ3) is 5.63. The average molecular weight is 413 g/mol. The molecule has 0 saturated carbocycles. The Hall–Kier alpha value is -2.80. The van der Waals surface area contributed by atoms with Crippen LogP contribution in [0, 0.1) is 6.92 Å². The number of hydrogen-bond acceptors (Lipinski definition) is 4. The summed E-state index contributed by atoms with van der Waals surface area (Å²) >= 11 is 0. The number of aryl methyl sites for hydroxylation is 1. The summed E-state index contributed by atoms with van der Waals surface area (Å²) < 4.78 is 5.42. The lowest BCUT2D eigenvalue weighted by Gasteiger charge is -2.34. The summed E-state index contributed by atoms with van der Waals surface area (Å²) in [6.07, 6.45) is 0. The predicted molar refractivity (Wildman–Crippen MR) is 116 cm³/mol. The molecule has 2 aromatic rings. The van der Waals surface area contributed by atoms with E-state index in [4.69, 9.17) is 4.42 Å². The Labute approximate surface area is 178 Å². The van der Waals surface area contributed by atoms with Crippen LogP contribution >= 0.6 is 0 Å². The second kappa shape index (κ2) is 10.3. The molecule has 0 bridgehead atoms. The van der Waals surface area contributed by atoms with E-state index >= 15 is 0 Å². The maximum absolute atomic E-state index is 12.5. The van der Waals surface area contributed by atoms with Gasteiger partial charge in [0.05, 0.1) is 0 Å². The van der Waals surface area contributed by atoms with Crippen molar-refractivity contribution in [3.8, 4) is 0 Å². The number of urea groups is 1. The molecule has 1 aromatic carbocycles. The number of carbonyl (C=O) groups excluding carboxylic acids is 2. The molecule has 1 aromatic heterocycles. The third-order valence-corrected chi connectivity index (χ3v) is 5.57. The highest BCUT2D eigenvalue weighted by Crippen LogP contribution is 2.12. The zero-order chi connectivity index (χ0) is 21.5. The van der Waals surface area contributed by atoms with Crippen molar-refractivity contribution in [3.05, 3.63) is 59.0 Å². The molecule has 0 spiro atoms. The molecule has 1 fully saturated rings. The van der Waals surface area contributed by atoms with Crippen LogP contribution < -0.4 is 5.32 Å². The Kier molecular flexibility index (Phi) is 7.52. The lowest BCUT2D eigenvalue weighted by atomic mass is 10.1. The Balaban J connectivity index is 1.43. The molecule has 7 heteroatoms. The number of benzene rings is 1. The first kappa shape index (κ1) is 21.9. The van der Waals surface area contributed by atoms with Gasteiger partial charge in [-0.15, -0.1) is 0 Å². The molecular formula is C23H32N4O3. The first-order valence-corrected chi connectivity index (χ1v) is 10.7. The molecule has 162 valence electrons. The van der Waals surface area contributed by atoms with Crippen LogP contribution in [0.4, 0.5) is 4.79 Å². The van der Waals surface area contributed by atoms with Crippen LogP contribution in [-0.4, -0.2) is 65.9 Å². The van der Waals surface area contributed by atoms with Gasteiger partial charge in [0.15, 0.2) is 5.76 Å². The minimum atomic E-state index is -0.118. The monoisotopic (exact) mass is 412 g/mol. The Morgan fingerprint density at radius 2 is 1.53 bits per heavy atom. The largest absolute Gasteiger partial charge is 0.456 e. The molecule has 2 heterocycles. The van der Waals surface area contributed by atoms with Crippen LogP contribution in [0.3, 0.4) is 0 Å². The Morgan fingerprint density at radius 3 is 2.10 bits per heavy atom. The van der Waals surface area contributed by atoms with Gasteiger partial charge in [-0.2, -0.15) is 0 Å². The SMILES string of the molecule is CCN(CC)Cc1ccc(CNC(=O)N2CCN(C(=O)c3ccc(C)o3)CC2)cc1. The summed E-state index contributed by atoms with van der Waals surface area (Å²) in [5.41, 5.74) is 2.36. The number of nitrogens with zero attached hydrogens (tertiary/aromatic N) is 3. The Bertz CT molecular complexity index is 834. The molecule has 0 atom stereocenters. The minimum Gasteiger partial charge on any atom is -0.456 e. The second-order valence-electron chi connectivity index (χ2n) is 7.63. The summed E-state index contributed by atoms with van der Waals surface area (Å²) in [7, 11) is 0. The third-order valence-electron chi connectivity index (χ3n) is 5.57. The van der Waals surface area contributed by atoms with Crippen molar-refractivity contribution in [1.29, 1.82) is 0 Å². The van der Waals surface area contributed by atoms with E-state index < -0.39 is 0 Å². The fourth-order valence-electron chi connectivity index (χ4n) is 3.58. The molecule has 3 rings (SSSR count). The predicted octanol–water partition coefficient (Wildman–Crippen LogP) is 3.10. The van der Waals surface area contributed by atoms with Crippen LogP contribution in [0.25, 0.3) is 0 Å². The number of piperazine rings is 1. The number of hydrogen-bond donors (Lipinski definition) is 1. The standard InChI is InChI=1S/C23H32N4O3/c1-4-25(5-2)17-20-9-7-19(8-10-20)16-24-23(29)27-14-12-26(13-15-27)22(28)21-11-6-18(3)30-21/h6-11H,4-5,12-17H2,1-3H3,(H,24,29). The summed E-state index contributed by atoms with van der Waals surface area (Å²) in [4.78, 5) is 30.8. The molecule has 0 radical (unpaired) electrons. The molecule has 0 unspecified atom stereocenters. The van der Waals surface area contributed by atoms with E-state index in [9.17, 15) is 9.59 Å². The lowest BCUT2D eigenvalue weighted by molar-refractivity contribution is 0.0632. The van der Waals surface area contributed by atoms with Gasteiger partial charge in [0.2, 0.25) is 0 Å². The van der Waals surface area contributed by atoms with E-state index in [0.29, 0.717) is 38.5 Å². The topological polar surface area (TPSA) is 69.0 Å². The fourth-order valence-corrected chi connectivity index (χ4v) is 3.58. The van der Waals surface area contributed by atoms with Crippen molar-refractivity contribution in [2.75, 3.05) is 39.3 Å². The van der Waals surface area contributed by atoms with E-state index in [1.807, 2.05) is 6.92 Å². The van der Waals surface area contributed by atoms with Crippen LogP contribution in [0.2, 0.25) is 0 Å². The van der Waals surface area contributed by atoms with Gasteiger partial charge < -0.3 is 19.5 Å². The molecule has 1 saturated heterocycles. The van der Waals surface area contributed by atoms with Crippen molar-refractivity contribution in [2.24, 2.45) is 0 Å². The van der Waals surface area contributed by atoms with E-state index in [-0.39, 0.29) is 11.9 Å². The van der Waals surface area contributed by atoms with Crippen LogP contribution in [0.15, 0.2) is 40.8 Å². The molecule has 3 amide bonds. The zero-order valence-electron chi connectivity index (χ0n) is 18.2. The number of nitrogens with one attached hydrogen (secondary N) is 1. The highest BCUT2D eigenvalue weighted by atomic mass is 16.3. The van der Waals surface area contributed by atoms with E-state index in [1.54, 1.807) is 21.9 Å². The molecule has 1 N–H and O–H groups in total. The number of rotatable bonds is 7. The maximum Gasteiger partial charge on any atom is 0.317 e. The van der Waals surface area contributed by atoms with Crippen LogP contribution in [0.5, 0.6) is 0 Å². The fraction of sp³-hybridized carbons (Fsp3) is 0.478. The molecule has 1 aliphatic rings. The van der Waals surface area contributed by atoms with E-state index in [2.05, 4.69) is 48.3 Å². The molecule has 30 heavy (non-hydrogen) atoms. The Morgan fingerprint density at radius 1 is 0.933 bits per heavy atom. The molecule has 0 aliphatic carbocycles. The summed E-state index contributed by atoms with van der Waals surface area (Å²) in [5.74, 6) is 0.959. The maximum atomic E-state index is 12.5. The van der Waals surface area contributed by atoms with Gasteiger partial charge in [0.25, 0.3) is 5.91 Å². The van der Waals surface area contributed by atoms with Crippen molar-refractivity contribution < 1.29 is 14.0 Å². The second-order valence-corrected chi connectivity index (χ2v) is 7.63. The summed E-state index contributed by atoms with van der Waals surface area (Å²) in [5, 5.41) is 2.98. The van der Waals surface area contributed by atoms with Gasteiger partial charge in [-0.1, -0.05) is 38.1 Å². The van der Waals surface area contributed by atoms with Gasteiger partial charge in [0, 0.05) is 39.3 Å². The molecule has 1 aliphatic heterocycles. The van der Waals surface area contributed by atoms with Crippen molar-refractivity contribution >= 4 is 11.9 Å². The van der Waals surface area contributed by atoms with E-state index in [1.165, 1.54) is 5.56 Å². The van der Waals surface area contributed by atoms with Crippen LogP contribution in [-0.2, 0) is 13.1 Å². The smallest absolute Gasteiger partial charge is 0.317 e. The lowest BCUT2D eigenvalue weighted by Crippen LogP contribution is -2.53. The van der Waals surface area contributed by atoms with Crippen molar-refractivity contribution in [1.82, 2.24) is 20.0 Å². The number of furan rings is 1. The highest BCUT2D eigenvalue weighted by Gasteiger charge is 2.26. The first-order chi connectivity index (χ1) is 14.5. The van der Waals surface area contributed by atoms with Gasteiger partial charge in [-0.25, -0.2) is 4.79 Å². The quantitative estimate of drug-likeness (QED) is 0.759.